The van der Waals surface area contributed by atoms with Crippen LogP contribution in [-0.2, 0) is 0 Å². The molecule has 0 spiro atoms. The van der Waals surface area contributed by atoms with E-state index in [9.17, 15) is 4.79 Å². The number of aromatic nitrogens is 2. The second-order valence-corrected chi connectivity index (χ2v) is 4.88. The van der Waals surface area contributed by atoms with Crippen LogP contribution < -0.4 is 4.74 Å². The molecule has 0 saturated heterocycles. The first-order chi connectivity index (χ1) is 10.2. The van der Waals surface area contributed by atoms with Crippen molar-refractivity contribution in [2.75, 3.05) is 6.61 Å². The number of pyridine rings is 1. The number of carbonyl (C=O) groups is 1. The van der Waals surface area contributed by atoms with Crippen LogP contribution in [0.5, 0.6) is 5.75 Å². The summed E-state index contributed by atoms with van der Waals surface area (Å²) in [4.78, 5) is 15.6. The van der Waals surface area contributed by atoms with E-state index in [-0.39, 0.29) is 0 Å². The summed E-state index contributed by atoms with van der Waals surface area (Å²) in [5.74, 6) is 0.851. The van der Waals surface area contributed by atoms with E-state index in [1.165, 1.54) is 0 Å². The highest BCUT2D eigenvalue weighted by molar-refractivity contribution is 5.78. The van der Waals surface area contributed by atoms with E-state index < -0.39 is 0 Å². The van der Waals surface area contributed by atoms with Gasteiger partial charge in [0, 0.05) is 23.5 Å². The topological polar surface area (TPSA) is 43.6 Å². The van der Waals surface area contributed by atoms with Crippen LogP contribution in [0, 0.1) is 6.92 Å². The molecule has 0 aliphatic carbocycles. The molecule has 0 atom stereocenters. The number of hydrogen-bond acceptors (Lipinski definition) is 3. The molecular formula is C17H16N2O2. The van der Waals surface area contributed by atoms with Crippen LogP contribution in [0.4, 0.5) is 0 Å². The fourth-order valence-corrected chi connectivity index (χ4v) is 2.30. The Morgan fingerprint density at radius 1 is 1.24 bits per heavy atom. The highest BCUT2D eigenvalue weighted by atomic mass is 16.5. The van der Waals surface area contributed by atoms with Gasteiger partial charge in [0.15, 0.2) is 6.29 Å². The first-order valence-corrected chi connectivity index (χ1v) is 6.89. The Hall–Kier alpha value is -2.62. The van der Waals surface area contributed by atoms with Gasteiger partial charge in [-0.2, -0.15) is 0 Å². The Bertz CT molecular complexity index is 788. The minimum Gasteiger partial charge on any atom is -0.494 e. The number of benzene rings is 1. The summed E-state index contributed by atoms with van der Waals surface area (Å²) >= 11 is 0. The third kappa shape index (κ3) is 2.52. The summed E-state index contributed by atoms with van der Waals surface area (Å²) in [6.07, 6.45) is 4.60. The number of aryl methyl sites for hydroxylation is 1. The standard InChI is InChI=1S/C17H16N2O2/c1-3-21-15-6-4-13(5-7-15)16-10-19-9-14(11-20)12(2)8-17(19)18-16/h4-11H,3H2,1-2H3. The molecule has 0 fully saturated rings. The molecule has 4 heteroatoms. The number of rotatable bonds is 4. The molecule has 4 nitrogen and oxygen atoms in total. The lowest BCUT2D eigenvalue weighted by Gasteiger charge is -2.02. The number of nitrogens with zero attached hydrogens (tertiary/aromatic N) is 2. The maximum Gasteiger partial charge on any atom is 0.151 e. The van der Waals surface area contributed by atoms with Crippen molar-refractivity contribution in [3.05, 3.63) is 53.9 Å². The number of hydrogen-bond donors (Lipinski definition) is 0. The van der Waals surface area contributed by atoms with E-state index in [4.69, 9.17) is 4.74 Å². The summed E-state index contributed by atoms with van der Waals surface area (Å²) in [5, 5.41) is 0. The number of ether oxygens (including phenoxy) is 1. The molecule has 0 radical (unpaired) electrons. The van der Waals surface area contributed by atoms with E-state index in [2.05, 4.69) is 4.98 Å². The average molecular weight is 280 g/mol. The Morgan fingerprint density at radius 2 is 2.00 bits per heavy atom. The number of fused-ring (bicyclic) bond motifs is 1. The van der Waals surface area contributed by atoms with Gasteiger partial charge in [0.25, 0.3) is 0 Å². The highest BCUT2D eigenvalue weighted by Gasteiger charge is 2.07. The van der Waals surface area contributed by atoms with Crippen LogP contribution in [0.3, 0.4) is 0 Å². The zero-order valence-corrected chi connectivity index (χ0v) is 12.0. The molecule has 0 bridgehead atoms. The van der Waals surface area contributed by atoms with E-state index in [0.29, 0.717) is 12.2 Å². The summed E-state index contributed by atoms with van der Waals surface area (Å²) in [5.41, 5.74) is 4.34. The largest absolute Gasteiger partial charge is 0.494 e. The summed E-state index contributed by atoms with van der Waals surface area (Å²) < 4.78 is 7.31. The SMILES string of the molecule is CCOc1ccc(-c2cn3cc(C=O)c(C)cc3n2)cc1. The lowest BCUT2D eigenvalue weighted by molar-refractivity contribution is 0.112. The second kappa shape index (κ2) is 5.40. The summed E-state index contributed by atoms with van der Waals surface area (Å²) in [6, 6.07) is 9.76. The lowest BCUT2D eigenvalue weighted by atomic mass is 10.2. The van der Waals surface area contributed by atoms with E-state index in [0.717, 1.165) is 34.5 Å². The molecule has 3 aromatic rings. The molecule has 0 saturated carbocycles. The van der Waals surface area contributed by atoms with Gasteiger partial charge in [0.05, 0.1) is 12.3 Å². The van der Waals surface area contributed by atoms with E-state index >= 15 is 0 Å². The third-order valence-electron chi connectivity index (χ3n) is 3.43. The predicted molar refractivity (Wildman–Crippen MR) is 81.9 cm³/mol. The smallest absolute Gasteiger partial charge is 0.151 e. The van der Waals surface area contributed by atoms with Crippen molar-refractivity contribution in [3.63, 3.8) is 0 Å². The fourth-order valence-electron chi connectivity index (χ4n) is 2.30. The minimum atomic E-state index is 0.654. The zero-order chi connectivity index (χ0) is 14.8. The molecule has 21 heavy (non-hydrogen) atoms. The highest BCUT2D eigenvalue weighted by Crippen LogP contribution is 2.23. The van der Waals surface area contributed by atoms with Crippen molar-refractivity contribution in [1.29, 1.82) is 0 Å². The van der Waals surface area contributed by atoms with Gasteiger partial charge < -0.3 is 9.14 Å². The van der Waals surface area contributed by atoms with Crippen LogP contribution in [0.25, 0.3) is 16.9 Å². The molecule has 0 N–H and O–H groups in total. The van der Waals surface area contributed by atoms with Crippen LogP contribution in [-0.4, -0.2) is 22.3 Å². The normalized spacial score (nSPS) is 10.8. The molecule has 2 heterocycles. The number of imidazole rings is 1. The van der Waals surface area contributed by atoms with Crippen molar-refractivity contribution in [3.8, 4) is 17.0 Å². The molecule has 2 aromatic heterocycles. The Morgan fingerprint density at radius 3 is 2.67 bits per heavy atom. The lowest BCUT2D eigenvalue weighted by Crippen LogP contribution is -1.91. The van der Waals surface area contributed by atoms with Gasteiger partial charge in [-0.1, -0.05) is 0 Å². The van der Waals surface area contributed by atoms with Gasteiger partial charge >= 0.3 is 0 Å². The Kier molecular flexibility index (Phi) is 3.44. The molecule has 0 aliphatic rings. The van der Waals surface area contributed by atoms with Crippen LogP contribution >= 0.6 is 0 Å². The molecular weight excluding hydrogens is 264 g/mol. The van der Waals surface area contributed by atoms with Gasteiger partial charge in [0.1, 0.15) is 11.4 Å². The third-order valence-corrected chi connectivity index (χ3v) is 3.43. The first kappa shape index (κ1) is 13.4. The van der Waals surface area contributed by atoms with Gasteiger partial charge in [-0.25, -0.2) is 4.98 Å². The van der Waals surface area contributed by atoms with Crippen LogP contribution in [0.1, 0.15) is 22.8 Å². The van der Waals surface area contributed by atoms with Crippen molar-refractivity contribution in [2.24, 2.45) is 0 Å². The average Bonchev–Trinajstić information content (AvgIpc) is 2.90. The molecule has 0 amide bonds. The molecule has 106 valence electrons. The van der Waals surface area contributed by atoms with Gasteiger partial charge in [0.2, 0.25) is 0 Å². The molecule has 1 aromatic carbocycles. The number of carbonyl (C=O) groups excluding carboxylic acids is 1. The fraction of sp³-hybridized carbons (Fsp3) is 0.176. The number of aldehydes is 1. The van der Waals surface area contributed by atoms with Crippen molar-refractivity contribution in [2.45, 2.75) is 13.8 Å². The van der Waals surface area contributed by atoms with E-state index in [1.807, 2.05) is 61.0 Å². The molecule has 0 unspecified atom stereocenters. The maximum absolute atomic E-state index is 11.0. The van der Waals surface area contributed by atoms with Gasteiger partial charge in [-0.15, -0.1) is 0 Å². The molecule has 0 aliphatic heterocycles. The van der Waals surface area contributed by atoms with Crippen molar-refractivity contribution >= 4 is 11.9 Å². The van der Waals surface area contributed by atoms with Crippen LogP contribution in [0.15, 0.2) is 42.7 Å². The van der Waals surface area contributed by atoms with Gasteiger partial charge in [-0.05, 0) is 49.7 Å². The van der Waals surface area contributed by atoms with Crippen molar-refractivity contribution < 1.29 is 9.53 Å². The Labute approximate surface area is 123 Å². The molecule has 3 rings (SSSR count). The summed E-state index contributed by atoms with van der Waals surface area (Å²) in [6.45, 7) is 4.53. The monoisotopic (exact) mass is 280 g/mol. The van der Waals surface area contributed by atoms with Crippen LogP contribution in [0.2, 0.25) is 0 Å². The quantitative estimate of drug-likeness (QED) is 0.687. The maximum atomic E-state index is 11.0. The zero-order valence-electron chi connectivity index (χ0n) is 12.0. The summed E-state index contributed by atoms with van der Waals surface area (Å²) in [7, 11) is 0. The van der Waals surface area contributed by atoms with Crippen molar-refractivity contribution in [1.82, 2.24) is 9.38 Å². The van der Waals surface area contributed by atoms with E-state index in [1.54, 1.807) is 0 Å². The predicted octanol–water partition coefficient (Wildman–Crippen LogP) is 3.52. The Balaban J connectivity index is 2.02. The second-order valence-electron chi connectivity index (χ2n) is 4.88. The first-order valence-electron chi connectivity index (χ1n) is 6.89. The minimum absolute atomic E-state index is 0.654. The van der Waals surface area contributed by atoms with Gasteiger partial charge in [-0.3, -0.25) is 4.79 Å².